The zero-order valence-corrected chi connectivity index (χ0v) is 23.6. The molecule has 208 valence electrons. The minimum atomic E-state index is -0.303. The van der Waals surface area contributed by atoms with Crippen LogP contribution in [0.3, 0.4) is 0 Å². The Morgan fingerprint density at radius 3 is 2.56 bits per heavy atom. The van der Waals surface area contributed by atoms with Crippen molar-refractivity contribution in [3.8, 4) is 0 Å². The molecular formula is C29H38N6O3S. The largest absolute Gasteiger partial charge is 0.447 e. The van der Waals surface area contributed by atoms with Gasteiger partial charge < -0.3 is 20.5 Å². The number of cyclic esters (lactones) is 1. The highest BCUT2D eigenvalue weighted by atomic mass is 32.1. The Kier molecular flexibility index (Phi) is 7.35. The van der Waals surface area contributed by atoms with Gasteiger partial charge in [-0.25, -0.2) is 14.8 Å². The number of anilines is 4. The number of piperidine rings is 1. The van der Waals surface area contributed by atoms with Crippen molar-refractivity contribution in [1.29, 1.82) is 0 Å². The van der Waals surface area contributed by atoms with Crippen LogP contribution in [0.1, 0.15) is 57.9 Å². The lowest BCUT2D eigenvalue weighted by molar-refractivity contribution is 0.126. The summed E-state index contributed by atoms with van der Waals surface area (Å²) in [5.74, 6) is 1.63. The van der Waals surface area contributed by atoms with E-state index in [4.69, 9.17) is 14.7 Å². The maximum Gasteiger partial charge on any atom is 0.414 e. The number of thiazole rings is 1. The number of amides is 1. The van der Waals surface area contributed by atoms with Crippen molar-refractivity contribution in [3.63, 3.8) is 0 Å². The zero-order chi connectivity index (χ0) is 27.0. The molecule has 0 atom stereocenters. The quantitative estimate of drug-likeness (QED) is 0.343. The molecule has 4 heterocycles. The maximum atomic E-state index is 12.0. The average molecular weight is 551 g/mol. The molecule has 6 rings (SSSR count). The molecule has 3 aliphatic rings. The van der Waals surface area contributed by atoms with Gasteiger partial charge in [-0.1, -0.05) is 25.2 Å². The molecule has 3 fully saturated rings. The second-order valence-corrected chi connectivity index (χ2v) is 12.9. The number of aliphatic hydroxyl groups excluding tert-OH is 1. The van der Waals surface area contributed by atoms with Gasteiger partial charge >= 0.3 is 6.09 Å². The van der Waals surface area contributed by atoms with Gasteiger partial charge in [0.1, 0.15) is 18.2 Å². The van der Waals surface area contributed by atoms with Crippen LogP contribution in [-0.2, 0) is 11.3 Å². The number of hydrogen-bond acceptors (Lipinski definition) is 9. The first-order chi connectivity index (χ1) is 18.8. The van der Waals surface area contributed by atoms with Gasteiger partial charge in [0.25, 0.3) is 0 Å². The number of carbonyl (C=O) groups excluding carboxylic acids is 1. The van der Waals surface area contributed by atoms with Crippen molar-refractivity contribution in [3.05, 3.63) is 35.9 Å². The molecule has 10 heteroatoms. The molecule has 1 amide bonds. The Labute approximate surface area is 233 Å². The molecule has 1 saturated carbocycles. The lowest BCUT2D eigenvalue weighted by Crippen LogP contribution is -2.36. The van der Waals surface area contributed by atoms with Gasteiger partial charge in [0.05, 0.1) is 22.9 Å². The number of likely N-dealkylation sites (tertiary alicyclic amines) is 1. The molecule has 39 heavy (non-hydrogen) atoms. The summed E-state index contributed by atoms with van der Waals surface area (Å²) in [6, 6.07) is 10.5. The summed E-state index contributed by atoms with van der Waals surface area (Å²) in [4.78, 5) is 25.9. The number of fused-ring (bicyclic) bond motifs is 1. The Bertz CT molecular complexity index is 1330. The summed E-state index contributed by atoms with van der Waals surface area (Å²) in [6.07, 6.45) is 5.48. The normalized spacial score (nSPS) is 23.7. The van der Waals surface area contributed by atoms with E-state index in [2.05, 4.69) is 41.5 Å². The standard InChI is InChI=1S/C29H38N6O3S/c1-29(2)9-11-34(12-10-29)18-19-15-25(30-20-3-6-22(36)7-4-20)32-26(16-19)33-27-31-23-8-5-21(17-24(23)39-27)35-13-14-38-28(35)37/h5,8,15-17,20,22,36H,3-4,6-7,9-14,18H2,1-2H3,(H2,30,31,32,33)/t20-,22-. The molecule has 2 aromatic heterocycles. The highest BCUT2D eigenvalue weighted by Gasteiger charge is 2.26. The molecule has 0 unspecified atom stereocenters. The Balaban J connectivity index is 1.22. The number of nitrogens with one attached hydrogen (secondary N) is 2. The van der Waals surface area contributed by atoms with Gasteiger partial charge in [-0.05, 0) is 92.9 Å². The van der Waals surface area contributed by atoms with Gasteiger partial charge in [-0.3, -0.25) is 9.80 Å². The zero-order valence-electron chi connectivity index (χ0n) is 22.8. The summed E-state index contributed by atoms with van der Waals surface area (Å²) < 4.78 is 6.10. The summed E-state index contributed by atoms with van der Waals surface area (Å²) in [5.41, 5.74) is 3.35. The number of nitrogens with zero attached hydrogens (tertiary/aromatic N) is 4. The van der Waals surface area contributed by atoms with Crippen LogP contribution in [0, 0.1) is 5.41 Å². The monoisotopic (exact) mass is 550 g/mol. The SMILES string of the molecule is CC1(C)CCN(Cc2cc(Nc3nc4ccc(N5CCOC5=O)cc4s3)nc(N[C@H]3CC[C@H](O)CC3)c2)CC1. The Hall–Kier alpha value is -2.95. The molecule has 0 radical (unpaired) electrons. The van der Waals surface area contributed by atoms with Crippen LogP contribution < -0.4 is 15.5 Å². The number of ether oxygens (including phenoxy) is 1. The smallest absolute Gasteiger partial charge is 0.414 e. The predicted octanol–water partition coefficient (Wildman–Crippen LogP) is 5.73. The minimum absolute atomic E-state index is 0.182. The number of carbonyl (C=O) groups is 1. The van der Waals surface area contributed by atoms with E-state index in [0.29, 0.717) is 24.6 Å². The highest BCUT2D eigenvalue weighted by Crippen LogP contribution is 2.34. The molecule has 0 bridgehead atoms. The van der Waals surface area contributed by atoms with E-state index in [9.17, 15) is 9.90 Å². The lowest BCUT2D eigenvalue weighted by Gasteiger charge is -2.37. The summed E-state index contributed by atoms with van der Waals surface area (Å²) in [5, 5.41) is 17.8. The molecule has 3 N–H and O–H groups in total. The fraction of sp³-hybridized carbons (Fsp3) is 0.552. The third kappa shape index (κ3) is 6.28. The van der Waals surface area contributed by atoms with Crippen LogP contribution in [0.15, 0.2) is 30.3 Å². The molecule has 9 nitrogen and oxygen atoms in total. The minimum Gasteiger partial charge on any atom is -0.447 e. The van der Waals surface area contributed by atoms with Crippen molar-refractivity contribution in [2.45, 2.75) is 71.1 Å². The van der Waals surface area contributed by atoms with E-state index in [1.807, 2.05) is 18.2 Å². The van der Waals surface area contributed by atoms with Crippen LogP contribution in [0.5, 0.6) is 0 Å². The van der Waals surface area contributed by atoms with Crippen LogP contribution in [0.25, 0.3) is 10.2 Å². The van der Waals surface area contributed by atoms with E-state index in [-0.39, 0.29) is 12.2 Å². The number of hydrogen-bond donors (Lipinski definition) is 3. The second kappa shape index (κ2) is 10.9. The van der Waals surface area contributed by atoms with Gasteiger partial charge in [0, 0.05) is 18.3 Å². The molecular weight excluding hydrogens is 512 g/mol. The number of aromatic nitrogens is 2. The van der Waals surface area contributed by atoms with Gasteiger partial charge in [0.15, 0.2) is 5.13 Å². The molecule has 1 aliphatic carbocycles. The first kappa shape index (κ1) is 26.3. The van der Waals surface area contributed by atoms with Crippen LogP contribution >= 0.6 is 11.3 Å². The first-order valence-corrected chi connectivity index (χ1v) is 14.9. The first-order valence-electron chi connectivity index (χ1n) is 14.1. The molecule has 0 spiro atoms. The van der Waals surface area contributed by atoms with Crippen LogP contribution in [0.2, 0.25) is 0 Å². The van der Waals surface area contributed by atoms with E-state index >= 15 is 0 Å². The average Bonchev–Trinajstić information content (AvgIpc) is 3.51. The molecule has 1 aromatic carbocycles. The van der Waals surface area contributed by atoms with Crippen molar-refractivity contribution in [1.82, 2.24) is 14.9 Å². The number of pyridine rings is 1. The van der Waals surface area contributed by atoms with E-state index in [0.717, 1.165) is 78.0 Å². The number of aliphatic hydroxyl groups is 1. The molecule has 2 aliphatic heterocycles. The van der Waals surface area contributed by atoms with Gasteiger partial charge in [-0.15, -0.1) is 0 Å². The van der Waals surface area contributed by atoms with Crippen molar-refractivity contribution < 1.29 is 14.6 Å². The van der Waals surface area contributed by atoms with Crippen molar-refractivity contribution in [2.24, 2.45) is 5.41 Å². The van der Waals surface area contributed by atoms with Gasteiger partial charge in [-0.2, -0.15) is 0 Å². The summed E-state index contributed by atoms with van der Waals surface area (Å²) >= 11 is 1.55. The topological polar surface area (TPSA) is 103 Å². The predicted molar refractivity (Wildman–Crippen MR) is 156 cm³/mol. The third-order valence-corrected chi connectivity index (χ3v) is 9.16. The Morgan fingerprint density at radius 2 is 1.82 bits per heavy atom. The van der Waals surface area contributed by atoms with Crippen LogP contribution in [-0.4, -0.2) is 64.5 Å². The molecule has 3 aromatic rings. The van der Waals surface area contributed by atoms with E-state index < -0.39 is 0 Å². The van der Waals surface area contributed by atoms with E-state index in [1.165, 1.54) is 18.4 Å². The van der Waals surface area contributed by atoms with Crippen molar-refractivity contribution in [2.75, 3.05) is 41.8 Å². The third-order valence-electron chi connectivity index (χ3n) is 8.23. The van der Waals surface area contributed by atoms with E-state index in [1.54, 1.807) is 16.2 Å². The number of benzene rings is 1. The van der Waals surface area contributed by atoms with Crippen molar-refractivity contribution >= 4 is 50.1 Å². The second-order valence-electron chi connectivity index (χ2n) is 11.9. The fourth-order valence-corrected chi connectivity index (χ4v) is 6.60. The highest BCUT2D eigenvalue weighted by molar-refractivity contribution is 7.22. The Morgan fingerprint density at radius 1 is 1.05 bits per heavy atom. The molecule has 2 saturated heterocycles. The summed E-state index contributed by atoms with van der Waals surface area (Å²) in [7, 11) is 0. The fourth-order valence-electron chi connectivity index (χ4n) is 5.69. The van der Waals surface area contributed by atoms with Gasteiger partial charge in [0.2, 0.25) is 0 Å². The lowest BCUT2D eigenvalue weighted by atomic mass is 9.82. The number of rotatable bonds is 7. The summed E-state index contributed by atoms with van der Waals surface area (Å²) in [6.45, 7) is 8.80. The van der Waals surface area contributed by atoms with Crippen LogP contribution in [0.4, 0.5) is 27.2 Å². The maximum absolute atomic E-state index is 12.0.